The molecule has 1 unspecified atom stereocenters. The van der Waals surface area contributed by atoms with Gasteiger partial charge in [0.05, 0.1) is 6.61 Å². The van der Waals surface area contributed by atoms with Crippen LogP contribution in [0.3, 0.4) is 0 Å². The molecule has 1 rings (SSSR count). The van der Waals surface area contributed by atoms with Crippen LogP contribution in [0.25, 0.3) is 0 Å². The van der Waals surface area contributed by atoms with E-state index in [1.807, 2.05) is 6.92 Å². The summed E-state index contributed by atoms with van der Waals surface area (Å²) in [5, 5.41) is 0. The highest BCUT2D eigenvalue weighted by Crippen LogP contribution is 2.27. The van der Waals surface area contributed by atoms with Gasteiger partial charge in [-0.2, -0.15) is 0 Å². The highest BCUT2D eigenvalue weighted by molar-refractivity contribution is 5.84. The zero-order chi connectivity index (χ0) is 8.48. The summed E-state index contributed by atoms with van der Waals surface area (Å²) in [7, 11) is 0. The molecule has 2 atom stereocenters. The van der Waals surface area contributed by atoms with E-state index in [2.05, 4.69) is 6.92 Å². The molecule has 1 fully saturated rings. The Morgan fingerprint density at radius 1 is 1.64 bits per heavy atom. The Labute approximate surface area is 67.9 Å². The number of ketones is 1. The number of rotatable bonds is 1. The van der Waals surface area contributed by atoms with Crippen molar-refractivity contribution in [3.8, 4) is 0 Å². The van der Waals surface area contributed by atoms with Crippen molar-refractivity contribution in [1.29, 1.82) is 0 Å². The summed E-state index contributed by atoms with van der Waals surface area (Å²) in [5.41, 5.74) is -0.480. The Kier molecular flexibility index (Phi) is 2.33. The summed E-state index contributed by atoms with van der Waals surface area (Å²) in [5.74, 6) is 0.770. The van der Waals surface area contributed by atoms with Crippen molar-refractivity contribution in [3.63, 3.8) is 0 Å². The molecule has 0 aromatic carbocycles. The van der Waals surface area contributed by atoms with Gasteiger partial charge in [0, 0.05) is 0 Å². The van der Waals surface area contributed by atoms with Crippen LogP contribution in [0.15, 0.2) is 0 Å². The summed E-state index contributed by atoms with van der Waals surface area (Å²) in [6.07, 6.45) is 1.99. The van der Waals surface area contributed by atoms with E-state index < -0.39 is 5.60 Å². The Hall–Kier alpha value is -0.370. The molecule has 1 heterocycles. The average molecular weight is 156 g/mol. The molecule has 64 valence electrons. The van der Waals surface area contributed by atoms with Crippen molar-refractivity contribution in [2.24, 2.45) is 5.92 Å². The van der Waals surface area contributed by atoms with Crippen molar-refractivity contribution in [3.05, 3.63) is 0 Å². The normalized spacial score (nSPS) is 38.6. The number of Topliss-reactive ketones (excluding diaryl/α,β-unsaturated/α-hetero) is 1. The maximum absolute atomic E-state index is 11.1. The molecule has 0 aromatic heterocycles. The molecule has 0 N–H and O–H groups in total. The number of hydrogen-bond donors (Lipinski definition) is 0. The van der Waals surface area contributed by atoms with Gasteiger partial charge in [0.15, 0.2) is 5.78 Å². The molecular weight excluding hydrogens is 140 g/mol. The first-order chi connectivity index (χ1) is 5.04. The van der Waals surface area contributed by atoms with E-state index in [4.69, 9.17) is 4.74 Å². The monoisotopic (exact) mass is 156 g/mol. The molecule has 1 saturated heterocycles. The minimum Gasteiger partial charge on any atom is -0.367 e. The maximum Gasteiger partial charge on any atom is 0.161 e. The molecule has 0 aromatic rings. The van der Waals surface area contributed by atoms with Crippen LogP contribution in [0.5, 0.6) is 0 Å². The van der Waals surface area contributed by atoms with Crippen LogP contribution in [0.4, 0.5) is 0 Å². The fraction of sp³-hybridized carbons (Fsp3) is 0.889. The van der Waals surface area contributed by atoms with Gasteiger partial charge in [-0.3, -0.25) is 4.79 Å². The minimum absolute atomic E-state index is 0.157. The van der Waals surface area contributed by atoms with E-state index in [0.29, 0.717) is 5.92 Å². The highest BCUT2D eigenvalue weighted by Gasteiger charge is 2.34. The van der Waals surface area contributed by atoms with Crippen LogP contribution in [-0.2, 0) is 9.53 Å². The van der Waals surface area contributed by atoms with Crippen LogP contribution in [0.1, 0.15) is 33.6 Å². The van der Waals surface area contributed by atoms with E-state index in [0.717, 1.165) is 19.4 Å². The summed E-state index contributed by atoms with van der Waals surface area (Å²) < 4.78 is 5.49. The van der Waals surface area contributed by atoms with Gasteiger partial charge in [0.25, 0.3) is 0 Å². The van der Waals surface area contributed by atoms with Gasteiger partial charge in [0.1, 0.15) is 5.60 Å². The van der Waals surface area contributed by atoms with Crippen LogP contribution < -0.4 is 0 Å². The van der Waals surface area contributed by atoms with E-state index >= 15 is 0 Å². The summed E-state index contributed by atoms with van der Waals surface area (Å²) in [6, 6.07) is 0. The molecule has 1 aliphatic rings. The van der Waals surface area contributed by atoms with Gasteiger partial charge in [-0.05, 0) is 32.6 Å². The van der Waals surface area contributed by atoms with Crippen molar-refractivity contribution in [1.82, 2.24) is 0 Å². The smallest absolute Gasteiger partial charge is 0.161 e. The van der Waals surface area contributed by atoms with Gasteiger partial charge in [0.2, 0.25) is 0 Å². The number of hydrogen-bond acceptors (Lipinski definition) is 2. The molecule has 0 bridgehead atoms. The lowest BCUT2D eigenvalue weighted by atomic mass is 9.88. The lowest BCUT2D eigenvalue weighted by Gasteiger charge is -2.34. The Morgan fingerprint density at radius 2 is 2.27 bits per heavy atom. The zero-order valence-electron chi connectivity index (χ0n) is 7.52. The van der Waals surface area contributed by atoms with Crippen molar-refractivity contribution in [2.45, 2.75) is 39.2 Å². The van der Waals surface area contributed by atoms with Gasteiger partial charge < -0.3 is 4.74 Å². The predicted octanol–water partition coefficient (Wildman–Crippen LogP) is 1.78. The summed E-state index contributed by atoms with van der Waals surface area (Å²) in [4.78, 5) is 11.1. The quantitative estimate of drug-likeness (QED) is 0.578. The predicted molar refractivity (Wildman–Crippen MR) is 43.4 cm³/mol. The fourth-order valence-corrected chi connectivity index (χ4v) is 1.28. The van der Waals surface area contributed by atoms with E-state index in [1.165, 1.54) is 0 Å². The maximum atomic E-state index is 11.1. The second-order valence-corrected chi connectivity index (χ2v) is 3.74. The Balaban J connectivity index is 2.55. The third kappa shape index (κ3) is 1.80. The SMILES string of the molecule is CC(=O)[C@@]1(C)CCC(C)CO1. The van der Waals surface area contributed by atoms with Gasteiger partial charge >= 0.3 is 0 Å². The van der Waals surface area contributed by atoms with Crippen LogP contribution in [0, 0.1) is 5.92 Å². The highest BCUT2D eigenvalue weighted by atomic mass is 16.5. The second-order valence-electron chi connectivity index (χ2n) is 3.74. The first-order valence-corrected chi connectivity index (χ1v) is 4.19. The first-order valence-electron chi connectivity index (χ1n) is 4.19. The standard InChI is InChI=1S/C9H16O2/c1-7-4-5-9(3,8(2)10)11-6-7/h7H,4-6H2,1-3H3/t7?,9-/m1/s1. The van der Waals surface area contributed by atoms with Crippen LogP contribution >= 0.6 is 0 Å². The Morgan fingerprint density at radius 3 is 2.64 bits per heavy atom. The molecule has 0 amide bonds. The topological polar surface area (TPSA) is 26.3 Å². The van der Waals surface area contributed by atoms with E-state index in [9.17, 15) is 4.79 Å². The lowest BCUT2D eigenvalue weighted by molar-refractivity contribution is -0.149. The van der Waals surface area contributed by atoms with E-state index in [-0.39, 0.29) is 5.78 Å². The van der Waals surface area contributed by atoms with Gasteiger partial charge in [-0.15, -0.1) is 0 Å². The zero-order valence-corrected chi connectivity index (χ0v) is 7.52. The molecule has 0 saturated carbocycles. The molecule has 2 heteroatoms. The number of carbonyl (C=O) groups is 1. The van der Waals surface area contributed by atoms with Gasteiger partial charge in [-0.1, -0.05) is 6.92 Å². The fourth-order valence-electron chi connectivity index (χ4n) is 1.28. The van der Waals surface area contributed by atoms with Crippen molar-refractivity contribution >= 4 is 5.78 Å². The van der Waals surface area contributed by atoms with E-state index in [1.54, 1.807) is 6.92 Å². The summed E-state index contributed by atoms with van der Waals surface area (Å²) in [6.45, 7) is 6.38. The second kappa shape index (κ2) is 2.94. The third-order valence-corrected chi connectivity index (χ3v) is 2.55. The number of ether oxygens (including phenoxy) is 1. The largest absolute Gasteiger partial charge is 0.367 e. The number of carbonyl (C=O) groups excluding carboxylic acids is 1. The lowest BCUT2D eigenvalue weighted by Crippen LogP contribution is -2.41. The average Bonchev–Trinajstić information content (AvgIpc) is 1.95. The van der Waals surface area contributed by atoms with Crippen LogP contribution in [0.2, 0.25) is 0 Å². The Bertz CT molecular complexity index is 155. The van der Waals surface area contributed by atoms with Crippen molar-refractivity contribution in [2.75, 3.05) is 6.61 Å². The molecule has 11 heavy (non-hydrogen) atoms. The molecule has 0 spiro atoms. The first kappa shape index (κ1) is 8.72. The third-order valence-electron chi connectivity index (χ3n) is 2.55. The van der Waals surface area contributed by atoms with Crippen LogP contribution in [-0.4, -0.2) is 18.0 Å². The molecular formula is C9H16O2. The molecule has 0 aliphatic carbocycles. The summed E-state index contributed by atoms with van der Waals surface area (Å²) >= 11 is 0. The van der Waals surface area contributed by atoms with Crippen molar-refractivity contribution < 1.29 is 9.53 Å². The molecule has 2 nitrogen and oxygen atoms in total. The molecule has 1 aliphatic heterocycles. The minimum atomic E-state index is -0.480. The molecule has 0 radical (unpaired) electrons. The van der Waals surface area contributed by atoms with Gasteiger partial charge in [-0.25, -0.2) is 0 Å².